The summed E-state index contributed by atoms with van der Waals surface area (Å²) in [5.74, 6) is -0.179. The van der Waals surface area contributed by atoms with Crippen molar-refractivity contribution in [3.8, 4) is 0 Å². The number of nitrogens with zero attached hydrogens (tertiary/aromatic N) is 3. The average Bonchev–Trinajstić information content (AvgIpc) is 3.06. The minimum atomic E-state index is -0.495. The van der Waals surface area contributed by atoms with Crippen molar-refractivity contribution in [2.75, 3.05) is 5.32 Å². The first-order valence-electron chi connectivity index (χ1n) is 8.32. The first kappa shape index (κ1) is 16.7. The Kier molecular flexibility index (Phi) is 4.25. The molecule has 0 aliphatic heterocycles. The lowest BCUT2D eigenvalue weighted by molar-refractivity contribution is 0.100. The second-order valence-electron chi connectivity index (χ2n) is 6.09. The largest absolute Gasteiger partial charge is 0.366 e. The Balaban J connectivity index is 1.65. The van der Waals surface area contributed by atoms with E-state index in [0.717, 1.165) is 10.9 Å². The molecule has 0 unspecified atom stereocenters. The number of rotatable bonds is 5. The topological polar surface area (TPSA) is 85.8 Å². The van der Waals surface area contributed by atoms with Crippen LogP contribution < -0.4 is 11.1 Å². The summed E-state index contributed by atoms with van der Waals surface area (Å²) in [5.41, 5.74) is 7.80. The molecule has 0 spiro atoms. The number of benzene rings is 2. The lowest BCUT2D eigenvalue weighted by Gasteiger charge is -2.08. The third-order valence-electron chi connectivity index (χ3n) is 4.22. The van der Waals surface area contributed by atoms with Gasteiger partial charge in [-0.1, -0.05) is 24.3 Å². The maximum absolute atomic E-state index is 13.9. The number of nitrogens with two attached hydrogens (primary N) is 1. The SMILES string of the molecule is NC(=O)c1cccc(Nc2cc3c(cn2)cnn3Cc2ccccc2F)c1. The van der Waals surface area contributed by atoms with Gasteiger partial charge in [-0.2, -0.15) is 5.10 Å². The highest BCUT2D eigenvalue weighted by Crippen LogP contribution is 2.21. The van der Waals surface area contributed by atoms with Gasteiger partial charge in [-0.15, -0.1) is 0 Å². The van der Waals surface area contributed by atoms with Crippen LogP contribution in [-0.4, -0.2) is 20.7 Å². The van der Waals surface area contributed by atoms with Crippen molar-refractivity contribution in [1.29, 1.82) is 0 Å². The second kappa shape index (κ2) is 6.87. The summed E-state index contributed by atoms with van der Waals surface area (Å²) in [6.45, 7) is 0.316. The molecular weight excluding hydrogens is 345 g/mol. The molecule has 0 aliphatic carbocycles. The maximum Gasteiger partial charge on any atom is 0.248 e. The Morgan fingerprint density at radius 2 is 1.96 bits per heavy atom. The Labute approximate surface area is 154 Å². The van der Waals surface area contributed by atoms with E-state index in [1.165, 1.54) is 6.07 Å². The van der Waals surface area contributed by atoms with Gasteiger partial charge in [0, 0.05) is 34.5 Å². The van der Waals surface area contributed by atoms with Crippen LogP contribution in [0.15, 0.2) is 67.0 Å². The van der Waals surface area contributed by atoms with Gasteiger partial charge in [-0.3, -0.25) is 9.48 Å². The Morgan fingerprint density at radius 3 is 2.78 bits per heavy atom. The summed E-state index contributed by atoms with van der Waals surface area (Å²) in [5, 5.41) is 8.34. The molecule has 2 aromatic carbocycles. The second-order valence-corrected chi connectivity index (χ2v) is 6.09. The van der Waals surface area contributed by atoms with E-state index in [0.29, 0.717) is 29.2 Å². The van der Waals surface area contributed by atoms with Crippen molar-refractivity contribution in [2.24, 2.45) is 5.73 Å². The molecule has 3 N–H and O–H groups in total. The van der Waals surface area contributed by atoms with E-state index in [9.17, 15) is 9.18 Å². The lowest BCUT2D eigenvalue weighted by atomic mass is 10.2. The number of hydrogen-bond acceptors (Lipinski definition) is 4. The highest BCUT2D eigenvalue weighted by molar-refractivity contribution is 5.94. The third-order valence-corrected chi connectivity index (χ3v) is 4.22. The van der Waals surface area contributed by atoms with Gasteiger partial charge in [0.1, 0.15) is 11.6 Å². The Morgan fingerprint density at radius 1 is 1.11 bits per heavy atom. The molecule has 1 amide bonds. The molecule has 4 rings (SSSR count). The van der Waals surface area contributed by atoms with Crippen LogP contribution in [0.3, 0.4) is 0 Å². The van der Waals surface area contributed by atoms with Crippen molar-refractivity contribution in [1.82, 2.24) is 14.8 Å². The predicted molar refractivity (Wildman–Crippen MR) is 101 cm³/mol. The molecule has 27 heavy (non-hydrogen) atoms. The van der Waals surface area contributed by atoms with Gasteiger partial charge >= 0.3 is 0 Å². The molecule has 0 bridgehead atoms. The molecule has 7 heteroatoms. The summed E-state index contributed by atoms with van der Waals surface area (Å²) in [4.78, 5) is 15.7. The van der Waals surface area contributed by atoms with Crippen LogP contribution in [0, 0.1) is 5.82 Å². The van der Waals surface area contributed by atoms with Gasteiger partial charge in [0.05, 0.1) is 18.3 Å². The van der Waals surface area contributed by atoms with Gasteiger partial charge in [0.2, 0.25) is 5.91 Å². The first-order chi connectivity index (χ1) is 13.1. The smallest absolute Gasteiger partial charge is 0.248 e. The van der Waals surface area contributed by atoms with E-state index in [1.807, 2.05) is 12.1 Å². The van der Waals surface area contributed by atoms with E-state index in [-0.39, 0.29) is 5.82 Å². The summed E-state index contributed by atoms with van der Waals surface area (Å²) < 4.78 is 15.7. The monoisotopic (exact) mass is 361 g/mol. The summed E-state index contributed by atoms with van der Waals surface area (Å²) >= 11 is 0. The summed E-state index contributed by atoms with van der Waals surface area (Å²) in [6, 6.07) is 15.3. The van der Waals surface area contributed by atoms with Gasteiger partial charge in [0.15, 0.2) is 0 Å². The average molecular weight is 361 g/mol. The van der Waals surface area contributed by atoms with E-state index >= 15 is 0 Å². The van der Waals surface area contributed by atoms with Crippen LogP contribution in [0.4, 0.5) is 15.9 Å². The number of halogens is 1. The van der Waals surface area contributed by atoms with Gasteiger partial charge in [-0.25, -0.2) is 9.37 Å². The number of hydrogen-bond donors (Lipinski definition) is 2. The van der Waals surface area contributed by atoms with Crippen LogP contribution in [0.25, 0.3) is 10.9 Å². The van der Waals surface area contributed by atoms with Crippen molar-refractivity contribution >= 4 is 28.3 Å². The molecule has 0 saturated heterocycles. The lowest BCUT2D eigenvalue weighted by Crippen LogP contribution is -2.10. The number of amides is 1. The van der Waals surface area contributed by atoms with Gasteiger partial charge < -0.3 is 11.1 Å². The molecule has 0 atom stereocenters. The number of pyridine rings is 1. The summed E-state index contributed by atoms with van der Waals surface area (Å²) in [6.07, 6.45) is 3.39. The predicted octanol–water partition coefficient (Wildman–Crippen LogP) is 3.46. The normalized spacial score (nSPS) is 10.9. The Bertz CT molecular complexity index is 1140. The number of carbonyl (C=O) groups is 1. The quantitative estimate of drug-likeness (QED) is 0.570. The van der Waals surface area contributed by atoms with Crippen LogP contribution in [0.1, 0.15) is 15.9 Å². The third kappa shape index (κ3) is 3.48. The van der Waals surface area contributed by atoms with E-state index in [4.69, 9.17) is 5.73 Å². The number of primary amides is 1. The molecule has 0 saturated carbocycles. The fourth-order valence-electron chi connectivity index (χ4n) is 2.85. The fraction of sp³-hybridized carbons (Fsp3) is 0.0500. The van der Waals surface area contributed by atoms with Crippen LogP contribution in [0.5, 0.6) is 0 Å². The highest BCUT2D eigenvalue weighted by Gasteiger charge is 2.09. The minimum Gasteiger partial charge on any atom is -0.366 e. The highest BCUT2D eigenvalue weighted by atomic mass is 19.1. The zero-order valence-electron chi connectivity index (χ0n) is 14.3. The van der Waals surface area contributed by atoms with E-state index < -0.39 is 5.91 Å². The number of fused-ring (bicyclic) bond motifs is 1. The minimum absolute atomic E-state index is 0.267. The molecule has 134 valence electrons. The zero-order chi connectivity index (χ0) is 18.8. The molecule has 0 fully saturated rings. The standard InChI is InChI=1S/C20H16FN5O/c21-17-7-2-1-4-14(17)12-26-18-9-19(23-10-15(18)11-24-26)25-16-6-3-5-13(8-16)20(22)27/h1-11H,12H2,(H2,22,27)(H,23,25). The van der Waals surface area contributed by atoms with Crippen molar-refractivity contribution in [2.45, 2.75) is 6.54 Å². The first-order valence-corrected chi connectivity index (χ1v) is 8.32. The molecular formula is C20H16FN5O. The molecule has 2 aromatic heterocycles. The van der Waals surface area contributed by atoms with Crippen LogP contribution in [0.2, 0.25) is 0 Å². The number of carbonyl (C=O) groups excluding carboxylic acids is 1. The van der Waals surface area contributed by atoms with Gasteiger partial charge in [0.25, 0.3) is 0 Å². The molecule has 0 radical (unpaired) electrons. The summed E-state index contributed by atoms with van der Waals surface area (Å²) in [7, 11) is 0. The molecule has 2 heterocycles. The zero-order valence-corrected chi connectivity index (χ0v) is 14.3. The van der Waals surface area contributed by atoms with Crippen LogP contribution >= 0.6 is 0 Å². The Hall–Kier alpha value is -3.74. The van der Waals surface area contributed by atoms with Crippen LogP contribution in [-0.2, 0) is 6.54 Å². The molecule has 0 aliphatic rings. The van der Waals surface area contributed by atoms with Crippen molar-refractivity contribution < 1.29 is 9.18 Å². The van der Waals surface area contributed by atoms with Crippen molar-refractivity contribution in [3.63, 3.8) is 0 Å². The van der Waals surface area contributed by atoms with Crippen molar-refractivity contribution in [3.05, 3.63) is 83.9 Å². The number of anilines is 2. The number of aromatic nitrogens is 3. The van der Waals surface area contributed by atoms with Gasteiger partial charge in [-0.05, 0) is 24.3 Å². The number of nitrogens with one attached hydrogen (secondary N) is 1. The fourth-order valence-corrected chi connectivity index (χ4v) is 2.85. The molecule has 4 aromatic rings. The maximum atomic E-state index is 13.9. The van der Waals surface area contributed by atoms with E-state index in [2.05, 4.69) is 15.4 Å². The molecule has 6 nitrogen and oxygen atoms in total. The van der Waals surface area contributed by atoms with E-state index in [1.54, 1.807) is 53.5 Å².